The highest BCUT2D eigenvalue weighted by molar-refractivity contribution is 6.07. The van der Waals surface area contributed by atoms with Crippen LogP contribution in [0.3, 0.4) is 0 Å². The van der Waals surface area contributed by atoms with Gasteiger partial charge in [0.05, 0.1) is 5.56 Å². The maximum absolute atomic E-state index is 11.9. The zero-order valence-corrected chi connectivity index (χ0v) is 9.73. The van der Waals surface area contributed by atoms with E-state index in [9.17, 15) is 9.59 Å². The maximum atomic E-state index is 11.9. The smallest absolute Gasteiger partial charge is 0.264 e. The van der Waals surface area contributed by atoms with Crippen molar-refractivity contribution >= 4 is 17.4 Å². The largest absolute Gasteiger partial charge is 0.398 e. The normalized spacial score (nSPS) is 10.1. The Morgan fingerprint density at radius 2 is 2.11 bits per heavy atom. The van der Waals surface area contributed by atoms with Crippen molar-refractivity contribution in [2.75, 3.05) is 11.1 Å². The summed E-state index contributed by atoms with van der Waals surface area (Å²) in [5.74, 6) is -0.101. The number of rotatable bonds is 2. The number of hydrogen-bond donors (Lipinski definition) is 3. The number of carbonyl (C=O) groups excluding carboxylic acids is 1. The van der Waals surface area contributed by atoms with Crippen LogP contribution >= 0.6 is 0 Å². The lowest BCUT2D eigenvalue weighted by Gasteiger charge is -2.08. The van der Waals surface area contributed by atoms with Crippen molar-refractivity contribution in [2.45, 2.75) is 6.92 Å². The fraction of sp³-hybridized carbons (Fsp3) is 0.0833. The van der Waals surface area contributed by atoms with Crippen LogP contribution in [0.15, 0.2) is 35.1 Å². The van der Waals surface area contributed by atoms with Crippen molar-refractivity contribution in [1.82, 2.24) is 10.2 Å². The highest BCUT2D eigenvalue weighted by atomic mass is 16.2. The highest BCUT2D eigenvalue weighted by Crippen LogP contribution is 2.17. The third-order valence-electron chi connectivity index (χ3n) is 2.49. The number of para-hydroxylation sites is 1. The van der Waals surface area contributed by atoms with Crippen LogP contribution in [0.1, 0.15) is 15.9 Å². The van der Waals surface area contributed by atoms with Gasteiger partial charge < -0.3 is 11.1 Å². The number of nitrogens with one attached hydrogen (secondary N) is 2. The van der Waals surface area contributed by atoms with E-state index in [1.807, 2.05) is 13.0 Å². The first kappa shape index (κ1) is 11.8. The molecule has 0 aliphatic rings. The van der Waals surface area contributed by atoms with Gasteiger partial charge in [-0.15, -0.1) is 0 Å². The molecule has 0 aliphatic heterocycles. The van der Waals surface area contributed by atoms with Crippen LogP contribution in [0.2, 0.25) is 0 Å². The van der Waals surface area contributed by atoms with Crippen molar-refractivity contribution in [3.63, 3.8) is 0 Å². The number of amides is 1. The van der Waals surface area contributed by atoms with E-state index in [-0.39, 0.29) is 17.3 Å². The second kappa shape index (κ2) is 4.70. The quantitative estimate of drug-likeness (QED) is 0.683. The molecule has 0 atom stereocenters. The summed E-state index contributed by atoms with van der Waals surface area (Å²) in [7, 11) is 0. The molecule has 18 heavy (non-hydrogen) atoms. The summed E-state index contributed by atoms with van der Waals surface area (Å²) < 4.78 is 0. The molecular formula is C12H12N4O2. The SMILES string of the molecule is Cc1cccc(C(=O)Nc2ccc(=O)[nH]n2)c1N. The average molecular weight is 244 g/mol. The van der Waals surface area contributed by atoms with Gasteiger partial charge in [-0.1, -0.05) is 12.1 Å². The van der Waals surface area contributed by atoms with E-state index in [2.05, 4.69) is 15.5 Å². The zero-order chi connectivity index (χ0) is 13.1. The van der Waals surface area contributed by atoms with Crippen molar-refractivity contribution < 1.29 is 4.79 Å². The fourth-order valence-corrected chi connectivity index (χ4v) is 1.48. The summed E-state index contributed by atoms with van der Waals surface area (Å²) in [5.41, 5.74) is 7.13. The molecule has 1 aromatic heterocycles. The average Bonchev–Trinajstić information content (AvgIpc) is 2.35. The Morgan fingerprint density at radius 1 is 1.33 bits per heavy atom. The second-order valence-corrected chi connectivity index (χ2v) is 3.80. The van der Waals surface area contributed by atoms with Crippen LogP contribution in [0.4, 0.5) is 11.5 Å². The first-order chi connectivity index (χ1) is 8.58. The number of anilines is 2. The third-order valence-corrected chi connectivity index (χ3v) is 2.49. The summed E-state index contributed by atoms with van der Waals surface area (Å²) in [6.45, 7) is 1.82. The molecule has 1 aromatic carbocycles. The van der Waals surface area contributed by atoms with Crippen molar-refractivity contribution in [3.05, 3.63) is 51.8 Å². The molecule has 0 fully saturated rings. The van der Waals surface area contributed by atoms with Crippen LogP contribution in [0.25, 0.3) is 0 Å². The number of benzene rings is 1. The Labute approximate surface area is 103 Å². The number of aromatic amines is 1. The van der Waals surface area contributed by atoms with Crippen LogP contribution < -0.4 is 16.6 Å². The number of aromatic nitrogens is 2. The van der Waals surface area contributed by atoms with Gasteiger partial charge in [0.2, 0.25) is 0 Å². The number of nitrogen functional groups attached to an aromatic ring is 1. The minimum atomic E-state index is -0.365. The number of nitrogens with zero attached hydrogens (tertiary/aromatic N) is 1. The summed E-state index contributed by atoms with van der Waals surface area (Å²) in [6.07, 6.45) is 0. The van der Waals surface area contributed by atoms with E-state index in [0.29, 0.717) is 11.3 Å². The Hall–Kier alpha value is -2.63. The van der Waals surface area contributed by atoms with Crippen molar-refractivity contribution in [1.29, 1.82) is 0 Å². The van der Waals surface area contributed by atoms with Gasteiger partial charge >= 0.3 is 0 Å². The van der Waals surface area contributed by atoms with Crippen molar-refractivity contribution in [2.24, 2.45) is 0 Å². The van der Waals surface area contributed by atoms with Gasteiger partial charge in [-0.2, -0.15) is 5.10 Å². The van der Waals surface area contributed by atoms with Gasteiger partial charge in [-0.25, -0.2) is 5.10 Å². The number of nitrogens with two attached hydrogens (primary N) is 1. The molecule has 6 heteroatoms. The van der Waals surface area contributed by atoms with Gasteiger partial charge in [-0.05, 0) is 24.6 Å². The molecule has 0 saturated heterocycles. The van der Waals surface area contributed by atoms with Crippen LogP contribution in [0.5, 0.6) is 0 Å². The predicted molar refractivity (Wildman–Crippen MR) is 68.4 cm³/mol. The van der Waals surface area contributed by atoms with E-state index in [1.54, 1.807) is 12.1 Å². The first-order valence-corrected chi connectivity index (χ1v) is 5.30. The molecule has 0 radical (unpaired) electrons. The Morgan fingerprint density at radius 3 is 2.78 bits per heavy atom. The lowest BCUT2D eigenvalue weighted by atomic mass is 10.1. The molecular weight excluding hydrogens is 232 g/mol. The molecule has 0 unspecified atom stereocenters. The van der Waals surface area contributed by atoms with E-state index in [4.69, 9.17) is 5.73 Å². The topological polar surface area (TPSA) is 101 Å². The molecule has 92 valence electrons. The summed E-state index contributed by atoms with van der Waals surface area (Å²) in [6, 6.07) is 7.90. The van der Waals surface area contributed by atoms with Gasteiger partial charge in [0.15, 0.2) is 5.82 Å². The van der Waals surface area contributed by atoms with Gasteiger partial charge in [0, 0.05) is 11.8 Å². The molecule has 1 amide bonds. The molecule has 1 heterocycles. The molecule has 0 aliphatic carbocycles. The van der Waals surface area contributed by atoms with Crippen LogP contribution in [0, 0.1) is 6.92 Å². The highest BCUT2D eigenvalue weighted by Gasteiger charge is 2.11. The lowest BCUT2D eigenvalue weighted by molar-refractivity contribution is 0.102. The number of carbonyl (C=O) groups is 1. The summed E-state index contributed by atoms with van der Waals surface area (Å²) in [5, 5.41) is 8.47. The Bertz CT molecular complexity index is 628. The van der Waals surface area contributed by atoms with Crippen molar-refractivity contribution in [3.8, 4) is 0 Å². The maximum Gasteiger partial charge on any atom is 0.264 e. The fourth-order valence-electron chi connectivity index (χ4n) is 1.48. The molecule has 0 bridgehead atoms. The Balaban J connectivity index is 2.24. The predicted octanol–water partition coefficient (Wildman–Crippen LogP) is 0.913. The standard InChI is InChI=1S/C12H12N4O2/c1-7-3-2-4-8(11(7)13)12(18)14-9-5-6-10(17)16-15-9/h2-6H,13H2,1H3,(H,16,17)(H,14,15,18). The van der Waals surface area contributed by atoms with Crippen LogP contribution in [-0.2, 0) is 0 Å². The third kappa shape index (κ3) is 2.37. The van der Waals surface area contributed by atoms with E-state index in [1.165, 1.54) is 12.1 Å². The molecule has 6 nitrogen and oxygen atoms in total. The Kier molecular flexibility index (Phi) is 3.09. The lowest BCUT2D eigenvalue weighted by Crippen LogP contribution is -2.17. The van der Waals surface area contributed by atoms with E-state index < -0.39 is 0 Å². The summed E-state index contributed by atoms with van der Waals surface area (Å²) >= 11 is 0. The molecule has 2 aromatic rings. The molecule has 2 rings (SSSR count). The minimum absolute atomic E-state index is 0.264. The molecule has 0 spiro atoms. The zero-order valence-electron chi connectivity index (χ0n) is 9.73. The monoisotopic (exact) mass is 244 g/mol. The number of aryl methyl sites for hydroxylation is 1. The van der Waals surface area contributed by atoms with Gasteiger partial charge in [0.1, 0.15) is 0 Å². The van der Waals surface area contributed by atoms with Gasteiger partial charge in [0.25, 0.3) is 11.5 Å². The van der Waals surface area contributed by atoms with E-state index in [0.717, 1.165) is 5.56 Å². The second-order valence-electron chi connectivity index (χ2n) is 3.80. The molecule has 4 N–H and O–H groups in total. The molecule has 0 saturated carbocycles. The minimum Gasteiger partial charge on any atom is -0.398 e. The summed E-state index contributed by atoms with van der Waals surface area (Å²) in [4.78, 5) is 22.8. The number of H-pyrrole nitrogens is 1. The van der Waals surface area contributed by atoms with E-state index >= 15 is 0 Å². The van der Waals surface area contributed by atoms with Crippen LogP contribution in [-0.4, -0.2) is 16.1 Å². The first-order valence-electron chi connectivity index (χ1n) is 5.30. The number of hydrogen-bond acceptors (Lipinski definition) is 4. The van der Waals surface area contributed by atoms with Gasteiger partial charge in [-0.3, -0.25) is 9.59 Å².